The van der Waals surface area contributed by atoms with Crippen molar-refractivity contribution in [2.75, 3.05) is 63.5 Å². The fourth-order valence-electron chi connectivity index (χ4n) is 12.0. The largest absolute Gasteiger partial charge is 0.493 e. The number of methoxy groups -OCH3 is 2. The van der Waals surface area contributed by atoms with E-state index in [1.807, 2.05) is 0 Å². The number of carbonyl (C=O) groups excluding carboxylic acids is 5. The second kappa shape index (κ2) is 30.5. The number of aliphatic hydroxyl groups excluding tert-OH is 8. The van der Waals surface area contributed by atoms with E-state index >= 15 is 0 Å². The molecule has 4 aromatic carbocycles. The van der Waals surface area contributed by atoms with Crippen molar-refractivity contribution in [3.05, 3.63) is 119 Å². The lowest BCUT2D eigenvalue weighted by Gasteiger charge is -2.38. The van der Waals surface area contributed by atoms with Gasteiger partial charge in [-0.3, -0.25) is 14.4 Å². The number of nitrogens with one attached hydrogen (secondary N) is 1. The smallest absolute Gasteiger partial charge is 0.416 e. The normalized spacial score (nSPS) is 26.6. The van der Waals surface area contributed by atoms with Crippen LogP contribution in [0.1, 0.15) is 74.3 Å². The highest BCUT2D eigenvalue weighted by atomic mass is 16.7. The monoisotopic (exact) mass is 1370 g/mol. The molecule has 4 saturated heterocycles. The molecule has 6 aliphatic rings. The van der Waals surface area contributed by atoms with Gasteiger partial charge in [-0.05, 0) is 79.6 Å². The summed E-state index contributed by atoms with van der Waals surface area (Å²) in [5.74, 6) is 0.0848. The van der Waals surface area contributed by atoms with E-state index in [-0.39, 0.29) is 127 Å². The quantitative estimate of drug-likeness (QED) is 0.0249. The van der Waals surface area contributed by atoms with E-state index in [1.54, 1.807) is 0 Å². The summed E-state index contributed by atoms with van der Waals surface area (Å²) in [7, 11) is 2.70. The highest BCUT2D eigenvalue weighted by molar-refractivity contribution is 6.07. The second-order valence-electron chi connectivity index (χ2n) is 23.7. The average Bonchev–Trinajstić information content (AvgIpc) is 1.59. The van der Waals surface area contributed by atoms with Crippen molar-refractivity contribution in [2.24, 2.45) is 5.90 Å². The highest BCUT2D eigenvalue weighted by Crippen LogP contribution is 2.45. The van der Waals surface area contributed by atoms with Crippen LogP contribution < -0.4 is 49.4 Å². The van der Waals surface area contributed by atoms with Crippen molar-refractivity contribution in [1.29, 1.82) is 0 Å². The molecule has 6 heterocycles. The molecule has 98 heavy (non-hydrogen) atoms. The Labute approximate surface area is 557 Å². The summed E-state index contributed by atoms with van der Waals surface area (Å²) < 4.78 is 57.0. The molecule has 13 N–H and O–H groups in total. The van der Waals surface area contributed by atoms with Gasteiger partial charge in [0.1, 0.15) is 61.3 Å². The number of ether oxygens (including phenoxy) is 10. The van der Waals surface area contributed by atoms with Crippen LogP contribution in [0.3, 0.4) is 0 Å². The van der Waals surface area contributed by atoms with E-state index in [9.17, 15) is 84.6 Å². The lowest BCUT2D eigenvalue weighted by molar-refractivity contribution is -0.271. The molecule has 0 aliphatic carbocycles. The molecule has 0 aromatic heterocycles. The number of hydrogen-bond acceptors (Lipinski definition) is 27. The third-order valence-electron chi connectivity index (χ3n) is 17.1. The number of nitrogens with zero attached hydrogens (tertiary/aromatic N) is 4. The fourth-order valence-corrected chi connectivity index (χ4v) is 12.0. The lowest BCUT2D eigenvalue weighted by Crippen LogP contribution is -2.61. The number of carbonyl (C=O) groups is 7. The van der Waals surface area contributed by atoms with Gasteiger partial charge in [-0.1, -0.05) is 42.5 Å². The predicted octanol–water partition coefficient (Wildman–Crippen LogP) is -0.0142. The first-order valence-electron chi connectivity index (χ1n) is 30.8. The molecule has 528 valence electrons. The number of anilines is 2. The number of nitrogens with two attached hydrogens (primary N) is 1. The summed E-state index contributed by atoms with van der Waals surface area (Å²) in [4.78, 5) is 103. The molecule has 0 spiro atoms. The Hall–Kier alpha value is -9.43. The number of aliphatic carboxylic acids is 2. The van der Waals surface area contributed by atoms with E-state index < -0.39 is 134 Å². The summed E-state index contributed by atoms with van der Waals surface area (Å²) in [6.45, 7) is 7.08. The third-order valence-corrected chi connectivity index (χ3v) is 17.1. The number of carboxylic acid groups (broad SMARTS) is 2. The molecule has 5 amide bonds. The Balaban J connectivity index is 0.802. The van der Waals surface area contributed by atoms with Crippen LogP contribution in [0.15, 0.2) is 91.0 Å². The molecule has 4 fully saturated rings. The van der Waals surface area contributed by atoms with Crippen LogP contribution in [-0.2, 0) is 46.6 Å². The molecule has 0 saturated carbocycles. The Kier molecular flexibility index (Phi) is 22.2. The summed E-state index contributed by atoms with van der Waals surface area (Å²) in [5.41, 5.74) is 1.27. The van der Waals surface area contributed by atoms with E-state index in [4.69, 9.17) is 53.3 Å². The van der Waals surface area contributed by atoms with Gasteiger partial charge < -0.3 is 118 Å². The Morgan fingerprint density at radius 1 is 0.561 bits per heavy atom. The first-order chi connectivity index (χ1) is 46.8. The maximum Gasteiger partial charge on any atom is 0.416 e. The lowest BCUT2D eigenvalue weighted by atomic mass is 9.99. The number of benzene rings is 4. The van der Waals surface area contributed by atoms with Crippen molar-refractivity contribution < 1.29 is 137 Å². The average molecular weight is 1380 g/mol. The van der Waals surface area contributed by atoms with E-state index in [2.05, 4.69) is 23.3 Å². The topological polar surface area (TPSA) is 474 Å². The van der Waals surface area contributed by atoms with E-state index in [1.165, 1.54) is 90.7 Å². The first kappa shape index (κ1) is 71.3. The van der Waals surface area contributed by atoms with Gasteiger partial charge in [0.05, 0.1) is 74.2 Å². The molecular formula is C64H74N6O28. The van der Waals surface area contributed by atoms with Gasteiger partial charge >= 0.3 is 24.1 Å². The number of carboxylic acids is 2. The zero-order chi connectivity index (χ0) is 70.5. The second-order valence-corrected chi connectivity index (χ2v) is 23.7. The van der Waals surface area contributed by atoms with Gasteiger partial charge in [0.25, 0.3) is 17.7 Å². The minimum absolute atomic E-state index is 0.0158. The molecule has 14 atom stereocenters. The van der Waals surface area contributed by atoms with Crippen LogP contribution >= 0.6 is 0 Å². The number of rotatable bonds is 24. The van der Waals surface area contributed by atoms with Crippen molar-refractivity contribution >= 4 is 53.2 Å². The van der Waals surface area contributed by atoms with Gasteiger partial charge in [-0.15, -0.1) is 0 Å². The molecule has 2 unspecified atom stereocenters. The molecule has 34 heteroatoms. The standard InChI is InChI=1S/C64H74N6O28/c1-29-18-39-57(80)69(63(86)92-27-31-8-11-33(12-9-31)95-61-50(75)46(71)48(73)52(97-61)59(82)83)37-23-44(42(88-3)21-34(37)55(78)67(39)25-29)90-15-6-5-7-16-91-45-24-38-35(22-43(45)89-4)56(79)68-26-30(2)19-40(68)58(81)70(38)64(87)93-28-32-10-13-41(36(20-32)54(77)66-14-17-94-65)96-62-51(76)47(72)49(74)53(98-62)60(84)85/h8-13,20-24,39-40,46-53,57-58,61-62,71-76,80-81H,1-2,5-7,14-19,25-28,65H2,3-4H3,(H,66,77)(H,82,83)(H,84,85)/t39-,40-,46-,47-,48-,49-,50+,51+,52-,53-,57?,58?,61+,62+/m0/s1. The summed E-state index contributed by atoms with van der Waals surface area (Å²) in [5, 5.41) is 107. The van der Waals surface area contributed by atoms with Crippen LogP contribution in [0.4, 0.5) is 21.0 Å². The summed E-state index contributed by atoms with van der Waals surface area (Å²) >= 11 is 0. The number of amides is 5. The van der Waals surface area contributed by atoms with Crippen LogP contribution in [-0.4, -0.2) is 242 Å². The molecule has 6 aliphatic heterocycles. The van der Waals surface area contributed by atoms with Crippen molar-refractivity contribution in [1.82, 2.24) is 15.1 Å². The Morgan fingerprint density at radius 2 is 1.02 bits per heavy atom. The number of aliphatic hydroxyl groups is 8. The molecular weight excluding hydrogens is 1300 g/mol. The van der Waals surface area contributed by atoms with Gasteiger partial charge in [0.2, 0.25) is 12.6 Å². The summed E-state index contributed by atoms with van der Waals surface area (Å²) in [6, 6.07) is 13.1. The fraction of sp³-hybridized carbons (Fsp3) is 0.453. The number of unbranched alkanes of at least 4 members (excludes halogenated alkanes) is 2. The molecule has 34 nitrogen and oxygen atoms in total. The van der Waals surface area contributed by atoms with Gasteiger partial charge in [0, 0.05) is 31.8 Å². The molecule has 4 aromatic rings. The van der Waals surface area contributed by atoms with Crippen molar-refractivity contribution in [2.45, 2.75) is 131 Å². The van der Waals surface area contributed by atoms with Crippen molar-refractivity contribution in [3.8, 4) is 34.5 Å². The molecule has 0 radical (unpaired) electrons. The molecule has 10 rings (SSSR count). The predicted molar refractivity (Wildman–Crippen MR) is 331 cm³/mol. The van der Waals surface area contributed by atoms with Crippen LogP contribution in [0.25, 0.3) is 0 Å². The Bertz CT molecular complexity index is 3690. The van der Waals surface area contributed by atoms with Gasteiger partial charge in [-0.2, -0.15) is 0 Å². The zero-order valence-corrected chi connectivity index (χ0v) is 52.7. The van der Waals surface area contributed by atoms with E-state index in [0.717, 1.165) is 9.80 Å². The minimum atomic E-state index is -2.03. The maximum atomic E-state index is 14.5. The number of hydrogen-bond donors (Lipinski definition) is 12. The molecule has 0 bridgehead atoms. The van der Waals surface area contributed by atoms with E-state index in [0.29, 0.717) is 36.0 Å². The first-order valence-corrected chi connectivity index (χ1v) is 30.8. The van der Waals surface area contributed by atoms with Crippen LogP contribution in [0, 0.1) is 0 Å². The zero-order valence-electron chi connectivity index (χ0n) is 52.7. The number of fused-ring (bicyclic) bond motifs is 4. The van der Waals surface area contributed by atoms with Crippen LogP contribution in [0.2, 0.25) is 0 Å². The van der Waals surface area contributed by atoms with Crippen molar-refractivity contribution in [3.63, 3.8) is 0 Å². The summed E-state index contributed by atoms with van der Waals surface area (Å²) in [6.07, 6.45) is -23.2. The van der Waals surface area contributed by atoms with Crippen LogP contribution in [0.5, 0.6) is 34.5 Å². The van der Waals surface area contributed by atoms with Gasteiger partial charge in [-0.25, -0.2) is 34.9 Å². The Morgan fingerprint density at radius 3 is 1.48 bits per heavy atom. The highest BCUT2D eigenvalue weighted by Gasteiger charge is 2.52. The minimum Gasteiger partial charge on any atom is -0.493 e. The van der Waals surface area contributed by atoms with Gasteiger partial charge in [0.15, 0.2) is 47.7 Å². The third kappa shape index (κ3) is 14.9. The maximum absolute atomic E-state index is 14.5. The SMILES string of the molecule is C=C1C[C@H]2C(O)N(C(=O)OCc3ccc(O[C@@H]4O[C@H](C(=O)O)[C@@H](O)[C@H](O)[C@H]4O)cc3)c3cc(OCCCCCOc4cc5c(cc4OC)C(=O)N4CC(=C)C[C@H]4C(O)N5C(=O)OCc4ccc(O[C@@H]5O[C@H](C(=O)O)[C@@H](O)[C@H](O)[C@H]5O)c(C(=O)NCCON)c4)c(OC)cc3C(=O)N2C1.